The summed E-state index contributed by atoms with van der Waals surface area (Å²) < 4.78 is 10.7. The number of hydrogen-bond acceptors (Lipinski definition) is 4. The van der Waals surface area contributed by atoms with Gasteiger partial charge in [-0.3, -0.25) is 9.79 Å². The van der Waals surface area contributed by atoms with Crippen LogP contribution in [0.25, 0.3) is 0 Å². The predicted octanol–water partition coefficient (Wildman–Crippen LogP) is 1.23. The molecule has 1 aromatic carbocycles. The lowest BCUT2D eigenvalue weighted by molar-refractivity contribution is -0.142. The van der Waals surface area contributed by atoms with Crippen LogP contribution >= 0.6 is 0 Å². The average Bonchev–Trinajstić information content (AvgIpc) is 3.24. The fourth-order valence-electron chi connectivity index (χ4n) is 3.62. The van der Waals surface area contributed by atoms with Crippen LogP contribution in [-0.2, 0) is 27.4 Å². The van der Waals surface area contributed by atoms with Crippen LogP contribution < -0.4 is 5.32 Å². The van der Waals surface area contributed by atoms with E-state index in [0.717, 1.165) is 37.5 Å². The van der Waals surface area contributed by atoms with Gasteiger partial charge in [-0.1, -0.05) is 24.3 Å². The largest absolute Gasteiger partial charge is 0.380 e. The highest BCUT2D eigenvalue weighted by atomic mass is 16.5. The normalized spacial score (nSPS) is 20.8. The minimum Gasteiger partial charge on any atom is -0.380 e. The van der Waals surface area contributed by atoms with Crippen LogP contribution in [0.5, 0.6) is 0 Å². The second-order valence-corrected chi connectivity index (χ2v) is 6.97. The molecule has 2 aliphatic rings. The fraction of sp³-hybridized carbons (Fsp3) is 0.600. The van der Waals surface area contributed by atoms with E-state index in [4.69, 9.17) is 9.47 Å². The molecular formula is C20H30N4O3. The quantitative estimate of drug-likeness (QED) is 0.620. The monoisotopic (exact) mass is 374 g/mol. The van der Waals surface area contributed by atoms with Crippen LogP contribution in [0.2, 0.25) is 0 Å². The van der Waals surface area contributed by atoms with Gasteiger partial charge in [0.05, 0.1) is 6.61 Å². The topological polar surface area (TPSA) is 66.4 Å². The first-order valence-electron chi connectivity index (χ1n) is 9.64. The summed E-state index contributed by atoms with van der Waals surface area (Å²) in [5, 5.41) is 3.43. The van der Waals surface area contributed by atoms with Gasteiger partial charge in [0, 0.05) is 53.5 Å². The van der Waals surface area contributed by atoms with E-state index in [2.05, 4.69) is 33.4 Å². The van der Waals surface area contributed by atoms with E-state index in [1.165, 1.54) is 5.56 Å². The summed E-state index contributed by atoms with van der Waals surface area (Å²) in [6.45, 7) is 5.01. The Labute approximate surface area is 161 Å². The number of nitrogens with zero attached hydrogens (tertiary/aromatic N) is 3. The molecule has 7 heteroatoms. The lowest BCUT2D eigenvalue weighted by Crippen LogP contribution is -2.55. The lowest BCUT2D eigenvalue weighted by Gasteiger charge is -2.37. The van der Waals surface area contributed by atoms with Crippen molar-refractivity contribution in [2.45, 2.75) is 32.1 Å². The SMILES string of the molecule is CN=C(NCc1cccc(COC)c1)N1CCN(C(=O)C2CCCO2)CC1. The Morgan fingerprint density at radius 1 is 1.26 bits per heavy atom. The molecule has 1 unspecified atom stereocenters. The lowest BCUT2D eigenvalue weighted by atomic mass is 10.1. The summed E-state index contributed by atoms with van der Waals surface area (Å²) >= 11 is 0. The van der Waals surface area contributed by atoms with E-state index < -0.39 is 0 Å². The Morgan fingerprint density at radius 2 is 2.00 bits per heavy atom. The number of methoxy groups -OCH3 is 1. The van der Waals surface area contributed by atoms with Gasteiger partial charge < -0.3 is 24.6 Å². The van der Waals surface area contributed by atoms with Gasteiger partial charge >= 0.3 is 0 Å². The third-order valence-corrected chi connectivity index (χ3v) is 5.06. The molecule has 1 N–H and O–H groups in total. The molecule has 3 rings (SSSR count). The molecule has 27 heavy (non-hydrogen) atoms. The first-order chi connectivity index (χ1) is 13.2. The molecule has 2 heterocycles. The zero-order chi connectivity index (χ0) is 19.1. The van der Waals surface area contributed by atoms with Gasteiger partial charge in [-0.15, -0.1) is 0 Å². The second-order valence-electron chi connectivity index (χ2n) is 6.97. The third kappa shape index (κ3) is 5.20. The van der Waals surface area contributed by atoms with Gasteiger partial charge in [-0.2, -0.15) is 0 Å². The van der Waals surface area contributed by atoms with Crippen molar-refractivity contribution in [2.75, 3.05) is 46.9 Å². The summed E-state index contributed by atoms with van der Waals surface area (Å²) in [5.74, 6) is 1.02. The Balaban J connectivity index is 1.49. The highest BCUT2D eigenvalue weighted by Crippen LogP contribution is 2.16. The van der Waals surface area contributed by atoms with Crippen LogP contribution in [0.4, 0.5) is 0 Å². The fourth-order valence-corrected chi connectivity index (χ4v) is 3.62. The third-order valence-electron chi connectivity index (χ3n) is 5.06. The van der Waals surface area contributed by atoms with Gasteiger partial charge in [0.1, 0.15) is 6.10 Å². The Kier molecular flexibility index (Phi) is 7.06. The minimum atomic E-state index is -0.228. The standard InChI is InChI=1S/C20H30N4O3/c1-21-20(22-14-16-5-3-6-17(13-16)15-26-2)24-10-8-23(9-11-24)19(25)18-7-4-12-27-18/h3,5-6,13,18H,4,7-12,14-15H2,1-2H3,(H,21,22). The molecule has 1 amide bonds. The van der Waals surface area contributed by atoms with E-state index in [-0.39, 0.29) is 12.0 Å². The van der Waals surface area contributed by atoms with Crippen molar-refractivity contribution in [3.63, 3.8) is 0 Å². The van der Waals surface area contributed by atoms with Crippen molar-refractivity contribution in [1.82, 2.24) is 15.1 Å². The van der Waals surface area contributed by atoms with E-state index in [1.54, 1.807) is 14.2 Å². The van der Waals surface area contributed by atoms with Gasteiger partial charge in [0.25, 0.3) is 5.91 Å². The van der Waals surface area contributed by atoms with Gasteiger partial charge in [0.2, 0.25) is 0 Å². The van der Waals surface area contributed by atoms with Crippen molar-refractivity contribution in [3.8, 4) is 0 Å². The molecule has 0 aliphatic carbocycles. The molecule has 0 bridgehead atoms. The van der Waals surface area contributed by atoms with Gasteiger partial charge in [-0.25, -0.2) is 0 Å². The van der Waals surface area contributed by atoms with Crippen molar-refractivity contribution >= 4 is 11.9 Å². The van der Waals surface area contributed by atoms with Crippen LogP contribution in [0.1, 0.15) is 24.0 Å². The first-order valence-corrected chi connectivity index (χ1v) is 9.64. The van der Waals surface area contributed by atoms with Crippen molar-refractivity contribution in [3.05, 3.63) is 35.4 Å². The van der Waals surface area contributed by atoms with Crippen LogP contribution in [0.15, 0.2) is 29.3 Å². The number of aliphatic imine (C=N–C) groups is 1. The Bertz CT molecular complexity index is 650. The zero-order valence-corrected chi connectivity index (χ0v) is 16.3. The summed E-state index contributed by atoms with van der Waals surface area (Å²) in [4.78, 5) is 21.0. The first kappa shape index (κ1) is 19.6. The maximum Gasteiger partial charge on any atom is 0.251 e. The molecule has 1 atom stereocenters. The highest BCUT2D eigenvalue weighted by molar-refractivity contribution is 5.82. The number of carbonyl (C=O) groups excluding carboxylic acids is 1. The molecule has 2 aliphatic heterocycles. The van der Waals surface area contributed by atoms with Gasteiger partial charge in [0.15, 0.2) is 5.96 Å². The molecule has 0 saturated carbocycles. The number of benzene rings is 1. The minimum absolute atomic E-state index is 0.144. The van der Waals surface area contributed by atoms with Crippen molar-refractivity contribution in [1.29, 1.82) is 0 Å². The number of guanidine groups is 1. The molecule has 0 spiro atoms. The van der Waals surface area contributed by atoms with E-state index in [1.807, 2.05) is 11.0 Å². The zero-order valence-electron chi connectivity index (χ0n) is 16.3. The molecule has 2 fully saturated rings. The number of piperazine rings is 1. The molecule has 0 aromatic heterocycles. The van der Waals surface area contributed by atoms with E-state index in [0.29, 0.717) is 32.8 Å². The summed E-state index contributed by atoms with van der Waals surface area (Å²) in [5.41, 5.74) is 2.35. The van der Waals surface area contributed by atoms with E-state index >= 15 is 0 Å². The smallest absolute Gasteiger partial charge is 0.251 e. The number of rotatable bonds is 5. The summed E-state index contributed by atoms with van der Waals surface area (Å²) in [6, 6.07) is 8.34. The molecule has 7 nitrogen and oxygen atoms in total. The van der Waals surface area contributed by atoms with Crippen molar-refractivity contribution in [2.24, 2.45) is 4.99 Å². The molecular weight excluding hydrogens is 344 g/mol. The maximum atomic E-state index is 12.5. The Morgan fingerprint density at radius 3 is 2.67 bits per heavy atom. The van der Waals surface area contributed by atoms with Crippen LogP contribution in [0.3, 0.4) is 0 Å². The van der Waals surface area contributed by atoms with Crippen LogP contribution in [-0.4, -0.2) is 74.7 Å². The number of ether oxygens (including phenoxy) is 2. The molecule has 148 valence electrons. The average molecular weight is 374 g/mol. The van der Waals surface area contributed by atoms with Gasteiger partial charge in [-0.05, 0) is 24.0 Å². The molecule has 0 radical (unpaired) electrons. The number of carbonyl (C=O) groups is 1. The summed E-state index contributed by atoms with van der Waals surface area (Å²) in [7, 11) is 3.50. The molecule has 2 saturated heterocycles. The molecule has 1 aromatic rings. The predicted molar refractivity (Wildman–Crippen MR) is 104 cm³/mol. The highest BCUT2D eigenvalue weighted by Gasteiger charge is 2.30. The van der Waals surface area contributed by atoms with Crippen molar-refractivity contribution < 1.29 is 14.3 Å². The Hall–Kier alpha value is -2.12. The van der Waals surface area contributed by atoms with Crippen LogP contribution in [0, 0.1) is 0 Å². The van der Waals surface area contributed by atoms with E-state index in [9.17, 15) is 4.79 Å². The second kappa shape index (κ2) is 9.71. The number of nitrogens with one attached hydrogen (secondary N) is 1. The maximum absolute atomic E-state index is 12.5. The number of amides is 1. The number of hydrogen-bond donors (Lipinski definition) is 1. The summed E-state index contributed by atoms with van der Waals surface area (Å²) in [6.07, 6.45) is 1.61.